The zero-order valence-corrected chi connectivity index (χ0v) is 14.3. The van der Waals surface area contributed by atoms with Crippen molar-refractivity contribution < 1.29 is 9.85 Å². The van der Waals surface area contributed by atoms with Crippen molar-refractivity contribution in [1.82, 2.24) is 9.97 Å². The molecule has 2 aromatic rings. The van der Waals surface area contributed by atoms with E-state index in [-0.39, 0.29) is 23.0 Å². The SMILES string of the molecule is CC(C)CCNc1ncnc(NNc2ccc([N+](=O)[O-])cc2)c1[N+](=O)[O-]. The fourth-order valence-electron chi connectivity index (χ4n) is 2.05. The van der Waals surface area contributed by atoms with Crippen molar-refractivity contribution in [3.05, 3.63) is 50.8 Å². The minimum absolute atomic E-state index is 0.0181. The Balaban J connectivity index is 2.12. The van der Waals surface area contributed by atoms with E-state index in [1.165, 1.54) is 30.6 Å². The molecule has 0 aliphatic heterocycles. The van der Waals surface area contributed by atoms with E-state index in [0.717, 1.165) is 6.42 Å². The lowest BCUT2D eigenvalue weighted by Crippen LogP contribution is -2.15. The minimum atomic E-state index is -0.572. The number of anilines is 3. The van der Waals surface area contributed by atoms with Gasteiger partial charge >= 0.3 is 5.69 Å². The highest BCUT2D eigenvalue weighted by molar-refractivity contribution is 5.70. The average Bonchev–Trinajstić information content (AvgIpc) is 2.59. The van der Waals surface area contributed by atoms with E-state index in [2.05, 4.69) is 40.0 Å². The first-order valence-corrected chi connectivity index (χ1v) is 7.88. The van der Waals surface area contributed by atoms with Gasteiger partial charge in [0.1, 0.15) is 6.33 Å². The standard InChI is InChI=1S/C15H19N7O4/c1-10(2)7-8-16-14-13(22(25)26)15(18-9-17-14)20-19-11-3-5-12(6-4-11)21(23)24/h3-6,9-10,19H,7-8H2,1-2H3,(H2,16,17,18,20). The maximum atomic E-state index is 11.4. The molecule has 0 atom stereocenters. The Morgan fingerprint density at radius 2 is 1.65 bits per heavy atom. The number of rotatable bonds is 9. The van der Waals surface area contributed by atoms with E-state index in [1.807, 2.05) is 0 Å². The highest BCUT2D eigenvalue weighted by Gasteiger charge is 2.22. The topological polar surface area (TPSA) is 148 Å². The summed E-state index contributed by atoms with van der Waals surface area (Å²) >= 11 is 0. The second kappa shape index (κ2) is 8.55. The maximum absolute atomic E-state index is 11.4. The van der Waals surface area contributed by atoms with Crippen LogP contribution in [0, 0.1) is 26.1 Å². The van der Waals surface area contributed by atoms with E-state index in [4.69, 9.17) is 0 Å². The van der Waals surface area contributed by atoms with Crippen LogP contribution < -0.4 is 16.2 Å². The van der Waals surface area contributed by atoms with Gasteiger partial charge in [-0.25, -0.2) is 9.97 Å². The average molecular weight is 361 g/mol. The summed E-state index contributed by atoms with van der Waals surface area (Å²) in [6.07, 6.45) is 2.05. The number of non-ortho nitro benzene ring substituents is 1. The first-order valence-electron chi connectivity index (χ1n) is 7.88. The summed E-state index contributed by atoms with van der Waals surface area (Å²) in [5.41, 5.74) is 5.52. The van der Waals surface area contributed by atoms with Crippen molar-refractivity contribution >= 4 is 28.7 Å². The van der Waals surface area contributed by atoms with Crippen molar-refractivity contribution in [1.29, 1.82) is 0 Å². The lowest BCUT2D eigenvalue weighted by molar-refractivity contribution is -0.384. The van der Waals surface area contributed by atoms with Gasteiger partial charge in [0.05, 0.1) is 15.5 Å². The van der Waals surface area contributed by atoms with Crippen molar-refractivity contribution in [2.24, 2.45) is 5.92 Å². The molecule has 1 heterocycles. The van der Waals surface area contributed by atoms with Gasteiger partial charge in [0.2, 0.25) is 11.6 Å². The minimum Gasteiger partial charge on any atom is -0.364 e. The number of hydrazine groups is 1. The number of hydrogen-bond donors (Lipinski definition) is 3. The second-order valence-electron chi connectivity index (χ2n) is 5.84. The highest BCUT2D eigenvalue weighted by atomic mass is 16.6. The Bertz CT molecular complexity index is 780. The Hall–Kier alpha value is -3.50. The lowest BCUT2D eigenvalue weighted by Gasteiger charge is -2.12. The normalized spacial score (nSPS) is 10.4. The molecule has 11 heteroatoms. The summed E-state index contributed by atoms with van der Waals surface area (Å²) in [5.74, 6) is 0.554. The summed E-state index contributed by atoms with van der Waals surface area (Å²) in [7, 11) is 0. The van der Waals surface area contributed by atoms with Gasteiger partial charge in [-0.2, -0.15) is 0 Å². The predicted molar refractivity (Wildman–Crippen MR) is 97.0 cm³/mol. The van der Waals surface area contributed by atoms with Crippen LogP contribution in [-0.4, -0.2) is 26.4 Å². The Morgan fingerprint density at radius 3 is 2.23 bits per heavy atom. The zero-order chi connectivity index (χ0) is 19.1. The molecule has 2 rings (SSSR count). The van der Waals surface area contributed by atoms with Crippen molar-refractivity contribution in [3.8, 4) is 0 Å². The van der Waals surface area contributed by atoms with Crippen LogP contribution in [0.2, 0.25) is 0 Å². The molecule has 11 nitrogen and oxygen atoms in total. The number of nitro benzene ring substituents is 1. The fraction of sp³-hybridized carbons (Fsp3) is 0.333. The van der Waals surface area contributed by atoms with E-state index in [1.54, 1.807) is 0 Å². The quantitative estimate of drug-likeness (QED) is 0.452. The molecule has 0 saturated heterocycles. The zero-order valence-electron chi connectivity index (χ0n) is 14.3. The molecule has 0 unspecified atom stereocenters. The maximum Gasteiger partial charge on any atom is 0.354 e. The molecule has 0 spiro atoms. The van der Waals surface area contributed by atoms with E-state index in [9.17, 15) is 20.2 Å². The number of benzene rings is 1. The largest absolute Gasteiger partial charge is 0.364 e. The van der Waals surface area contributed by atoms with Gasteiger partial charge in [0.15, 0.2) is 0 Å². The molecule has 26 heavy (non-hydrogen) atoms. The summed E-state index contributed by atoms with van der Waals surface area (Å²) < 4.78 is 0. The highest BCUT2D eigenvalue weighted by Crippen LogP contribution is 2.29. The van der Waals surface area contributed by atoms with Crippen LogP contribution in [0.1, 0.15) is 20.3 Å². The molecule has 1 aromatic carbocycles. The van der Waals surface area contributed by atoms with Crippen molar-refractivity contribution in [2.45, 2.75) is 20.3 Å². The molecule has 138 valence electrons. The first kappa shape index (κ1) is 18.8. The molecular weight excluding hydrogens is 342 g/mol. The van der Waals surface area contributed by atoms with Crippen LogP contribution in [0.3, 0.4) is 0 Å². The van der Waals surface area contributed by atoms with Gasteiger partial charge in [-0.05, 0) is 24.5 Å². The van der Waals surface area contributed by atoms with E-state index < -0.39 is 9.85 Å². The van der Waals surface area contributed by atoms with Crippen LogP contribution in [0.4, 0.5) is 28.7 Å². The van der Waals surface area contributed by atoms with E-state index in [0.29, 0.717) is 18.2 Å². The predicted octanol–water partition coefficient (Wildman–Crippen LogP) is 3.19. The third-order valence-electron chi connectivity index (χ3n) is 3.42. The fourth-order valence-corrected chi connectivity index (χ4v) is 2.05. The van der Waals surface area contributed by atoms with Gasteiger partial charge in [0, 0.05) is 18.7 Å². The second-order valence-corrected chi connectivity index (χ2v) is 5.84. The molecule has 0 amide bonds. The summed E-state index contributed by atoms with van der Waals surface area (Å²) in [5, 5.41) is 25.0. The summed E-state index contributed by atoms with van der Waals surface area (Å²) in [6, 6.07) is 5.58. The first-order chi connectivity index (χ1) is 12.4. The van der Waals surface area contributed by atoms with Crippen LogP contribution in [-0.2, 0) is 0 Å². The van der Waals surface area contributed by atoms with Crippen LogP contribution in [0.25, 0.3) is 0 Å². The molecule has 0 radical (unpaired) electrons. The molecule has 0 aliphatic rings. The molecule has 0 saturated carbocycles. The van der Waals surface area contributed by atoms with Crippen LogP contribution in [0.5, 0.6) is 0 Å². The van der Waals surface area contributed by atoms with Crippen LogP contribution >= 0.6 is 0 Å². The Kier molecular flexibility index (Phi) is 6.20. The smallest absolute Gasteiger partial charge is 0.354 e. The third-order valence-corrected chi connectivity index (χ3v) is 3.42. The number of nitrogens with one attached hydrogen (secondary N) is 3. The summed E-state index contributed by atoms with van der Waals surface area (Å²) in [4.78, 5) is 28.8. The number of hydrogen-bond acceptors (Lipinski definition) is 9. The molecule has 0 fully saturated rings. The van der Waals surface area contributed by atoms with Gasteiger partial charge in [-0.15, -0.1) is 0 Å². The van der Waals surface area contributed by atoms with Crippen molar-refractivity contribution in [3.63, 3.8) is 0 Å². The van der Waals surface area contributed by atoms with Crippen molar-refractivity contribution in [2.75, 3.05) is 22.7 Å². The molecule has 0 aliphatic carbocycles. The lowest BCUT2D eigenvalue weighted by atomic mass is 10.1. The van der Waals surface area contributed by atoms with E-state index >= 15 is 0 Å². The summed E-state index contributed by atoms with van der Waals surface area (Å²) in [6.45, 7) is 4.65. The monoisotopic (exact) mass is 361 g/mol. The Morgan fingerprint density at radius 1 is 1.00 bits per heavy atom. The van der Waals surface area contributed by atoms with Gasteiger partial charge in [0.25, 0.3) is 5.69 Å². The molecule has 0 bridgehead atoms. The molecule has 1 aromatic heterocycles. The van der Waals surface area contributed by atoms with Crippen LogP contribution in [0.15, 0.2) is 30.6 Å². The Labute approximate surface area is 149 Å². The molecule has 3 N–H and O–H groups in total. The van der Waals surface area contributed by atoms with Gasteiger partial charge < -0.3 is 5.32 Å². The number of aromatic nitrogens is 2. The molecular formula is C15H19N7O4. The number of nitrogens with zero attached hydrogens (tertiary/aromatic N) is 4. The van der Waals surface area contributed by atoms with Gasteiger partial charge in [-0.3, -0.25) is 31.1 Å². The number of nitro groups is 2. The third kappa shape index (κ3) is 5.00. The van der Waals surface area contributed by atoms with Gasteiger partial charge in [-0.1, -0.05) is 13.8 Å².